The zero-order valence-corrected chi connectivity index (χ0v) is 19.6. The molecule has 3 aliphatic heterocycles. The number of benzene rings is 1. The standard InChI is InChI=1S/C23H32N6O2S/c1-26-14-16-28(17-15-26)23-24-21-10-13-29(32(30,31)19-8-4-2-5-9-19)18-20(21)22(25-23)27-11-6-3-7-12-27/h2,4-5,8-9H,3,6-7,10-18H2,1H3. The second kappa shape index (κ2) is 8.96. The average Bonchev–Trinajstić information content (AvgIpc) is 2.84. The quantitative estimate of drug-likeness (QED) is 0.696. The van der Waals surface area contributed by atoms with Crippen LogP contribution in [0.4, 0.5) is 11.8 Å². The first-order chi connectivity index (χ1) is 15.5. The average molecular weight is 457 g/mol. The molecule has 0 bridgehead atoms. The summed E-state index contributed by atoms with van der Waals surface area (Å²) in [6.07, 6.45) is 4.15. The van der Waals surface area contributed by atoms with Gasteiger partial charge in [0.25, 0.3) is 0 Å². The van der Waals surface area contributed by atoms with Crippen LogP contribution in [0.25, 0.3) is 0 Å². The van der Waals surface area contributed by atoms with Crippen molar-refractivity contribution < 1.29 is 8.42 Å². The maximum Gasteiger partial charge on any atom is 0.243 e. The smallest absolute Gasteiger partial charge is 0.243 e. The summed E-state index contributed by atoms with van der Waals surface area (Å²) in [7, 11) is -1.40. The minimum atomic E-state index is -3.55. The molecule has 0 radical (unpaired) electrons. The van der Waals surface area contributed by atoms with Gasteiger partial charge in [0.2, 0.25) is 16.0 Å². The van der Waals surface area contributed by atoms with Gasteiger partial charge in [-0.3, -0.25) is 0 Å². The molecule has 172 valence electrons. The van der Waals surface area contributed by atoms with E-state index in [0.29, 0.717) is 24.4 Å². The molecule has 5 rings (SSSR count). The Hall–Kier alpha value is -2.23. The highest BCUT2D eigenvalue weighted by Crippen LogP contribution is 2.33. The number of rotatable bonds is 4. The first-order valence-electron chi connectivity index (χ1n) is 11.7. The molecule has 9 heteroatoms. The molecule has 32 heavy (non-hydrogen) atoms. The number of sulfonamides is 1. The summed E-state index contributed by atoms with van der Waals surface area (Å²) in [5.74, 6) is 1.74. The third kappa shape index (κ3) is 4.21. The molecule has 2 aromatic rings. The van der Waals surface area contributed by atoms with Gasteiger partial charge in [0.15, 0.2) is 0 Å². The molecule has 0 N–H and O–H groups in total. The molecule has 0 spiro atoms. The van der Waals surface area contributed by atoms with Gasteiger partial charge in [0.05, 0.1) is 10.6 Å². The molecule has 0 aliphatic carbocycles. The number of piperidine rings is 1. The van der Waals surface area contributed by atoms with Crippen LogP contribution in [0.15, 0.2) is 35.2 Å². The SMILES string of the molecule is CN1CCN(c2nc3c(c(N4CCCCC4)n2)CN(S(=O)(=O)c2ccccc2)CC3)CC1. The molecule has 8 nitrogen and oxygen atoms in total. The molecule has 0 amide bonds. The topological polar surface area (TPSA) is 72.9 Å². The summed E-state index contributed by atoms with van der Waals surface area (Å²) in [6.45, 7) is 6.57. The van der Waals surface area contributed by atoms with Crippen molar-refractivity contribution in [1.82, 2.24) is 19.2 Å². The van der Waals surface area contributed by atoms with Gasteiger partial charge in [-0.2, -0.15) is 9.29 Å². The molecule has 1 aromatic carbocycles. The summed E-state index contributed by atoms with van der Waals surface area (Å²) in [5, 5.41) is 0. The lowest BCUT2D eigenvalue weighted by atomic mass is 10.1. The summed E-state index contributed by atoms with van der Waals surface area (Å²) in [6, 6.07) is 8.73. The molecule has 0 unspecified atom stereocenters. The van der Waals surface area contributed by atoms with E-state index in [-0.39, 0.29) is 0 Å². The highest BCUT2D eigenvalue weighted by Gasteiger charge is 2.33. The van der Waals surface area contributed by atoms with Crippen LogP contribution >= 0.6 is 0 Å². The lowest BCUT2D eigenvalue weighted by molar-refractivity contribution is 0.310. The van der Waals surface area contributed by atoms with Crippen molar-refractivity contribution in [2.45, 2.75) is 37.1 Å². The molecule has 2 saturated heterocycles. The van der Waals surface area contributed by atoms with E-state index in [2.05, 4.69) is 21.7 Å². The Morgan fingerprint density at radius 2 is 1.53 bits per heavy atom. The van der Waals surface area contributed by atoms with Crippen LogP contribution < -0.4 is 9.80 Å². The summed E-state index contributed by atoms with van der Waals surface area (Å²) in [5.41, 5.74) is 1.99. The zero-order valence-electron chi connectivity index (χ0n) is 18.8. The molecule has 0 saturated carbocycles. The lowest BCUT2D eigenvalue weighted by Crippen LogP contribution is -2.46. The second-order valence-corrected chi connectivity index (χ2v) is 11.0. The number of aromatic nitrogens is 2. The monoisotopic (exact) mass is 456 g/mol. The Kier molecular flexibility index (Phi) is 6.05. The third-order valence-corrected chi connectivity index (χ3v) is 8.67. The minimum absolute atomic E-state index is 0.335. The second-order valence-electron chi connectivity index (χ2n) is 9.01. The fourth-order valence-electron chi connectivity index (χ4n) is 4.82. The van der Waals surface area contributed by atoms with E-state index in [0.717, 1.165) is 75.1 Å². The third-order valence-electron chi connectivity index (χ3n) is 6.81. The van der Waals surface area contributed by atoms with Gasteiger partial charge in [-0.05, 0) is 38.4 Å². The van der Waals surface area contributed by atoms with Crippen LogP contribution in [0, 0.1) is 0 Å². The van der Waals surface area contributed by atoms with E-state index in [9.17, 15) is 8.42 Å². The maximum absolute atomic E-state index is 13.3. The minimum Gasteiger partial charge on any atom is -0.356 e. The van der Waals surface area contributed by atoms with Crippen LogP contribution in [-0.4, -0.2) is 80.5 Å². The highest BCUT2D eigenvalue weighted by atomic mass is 32.2. The molecular formula is C23H32N6O2S. The fraction of sp³-hybridized carbons (Fsp3) is 0.565. The largest absolute Gasteiger partial charge is 0.356 e. The van der Waals surface area contributed by atoms with Gasteiger partial charge in [0, 0.05) is 64.3 Å². The van der Waals surface area contributed by atoms with E-state index < -0.39 is 10.0 Å². The number of hydrogen-bond acceptors (Lipinski definition) is 7. The van der Waals surface area contributed by atoms with Gasteiger partial charge in [-0.15, -0.1) is 0 Å². The van der Waals surface area contributed by atoms with Gasteiger partial charge in [-0.25, -0.2) is 13.4 Å². The van der Waals surface area contributed by atoms with Gasteiger partial charge < -0.3 is 14.7 Å². The van der Waals surface area contributed by atoms with Gasteiger partial charge in [0.1, 0.15) is 5.82 Å². The maximum atomic E-state index is 13.3. The first-order valence-corrected chi connectivity index (χ1v) is 13.1. The number of fused-ring (bicyclic) bond motifs is 1. The number of anilines is 2. The Balaban J connectivity index is 1.50. The number of hydrogen-bond donors (Lipinski definition) is 0. The van der Waals surface area contributed by atoms with Crippen LogP contribution in [0.5, 0.6) is 0 Å². The van der Waals surface area contributed by atoms with E-state index >= 15 is 0 Å². The summed E-state index contributed by atoms with van der Waals surface area (Å²) >= 11 is 0. The Bertz CT molecular complexity index is 1050. The number of piperazine rings is 1. The van der Waals surface area contributed by atoms with Crippen molar-refractivity contribution in [1.29, 1.82) is 0 Å². The Labute approximate surface area is 190 Å². The van der Waals surface area contributed by atoms with Crippen molar-refractivity contribution in [2.75, 3.05) is 62.7 Å². The number of likely N-dealkylation sites (N-methyl/N-ethyl adjacent to an activating group) is 1. The van der Waals surface area contributed by atoms with Crippen molar-refractivity contribution >= 4 is 21.8 Å². The molecular weight excluding hydrogens is 424 g/mol. The Morgan fingerprint density at radius 1 is 0.812 bits per heavy atom. The number of nitrogens with zero attached hydrogens (tertiary/aromatic N) is 6. The van der Waals surface area contributed by atoms with Crippen LogP contribution in [0.1, 0.15) is 30.5 Å². The predicted molar refractivity (Wildman–Crippen MR) is 126 cm³/mol. The van der Waals surface area contributed by atoms with Crippen molar-refractivity contribution in [3.63, 3.8) is 0 Å². The first kappa shape index (κ1) is 21.6. The Morgan fingerprint density at radius 3 is 2.25 bits per heavy atom. The molecule has 3 aliphatic rings. The predicted octanol–water partition coefficient (Wildman–Crippen LogP) is 1.97. The van der Waals surface area contributed by atoms with Crippen LogP contribution in [0.2, 0.25) is 0 Å². The normalized spacial score (nSPS) is 20.9. The fourth-order valence-corrected chi connectivity index (χ4v) is 6.25. The van der Waals surface area contributed by atoms with E-state index in [1.807, 2.05) is 6.07 Å². The van der Waals surface area contributed by atoms with Crippen molar-refractivity contribution in [3.8, 4) is 0 Å². The molecule has 0 atom stereocenters. The van der Waals surface area contributed by atoms with E-state index in [1.54, 1.807) is 28.6 Å². The van der Waals surface area contributed by atoms with Crippen LogP contribution in [0.3, 0.4) is 0 Å². The van der Waals surface area contributed by atoms with Crippen LogP contribution in [-0.2, 0) is 23.0 Å². The zero-order chi connectivity index (χ0) is 22.1. The van der Waals surface area contributed by atoms with Crippen molar-refractivity contribution in [3.05, 3.63) is 41.6 Å². The van der Waals surface area contributed by atoms with E-state index in [4.69, 9.17) is 9.97 Å². The molecule has 4 heterocycles. The van der Waals surface area contributed by atoms with Crippen molar-refractivity contribution in [2.24, 2.45) is 0 Å². The molecule has 1 aromatic heterocycles. The lowest BCUT2D eigenvalue weighted by Gasteiger charge is -2.37. The molecule has 2 fully saturated rings. The van der Waals surface area contributed by atoms with Gasteiger partial charge in [-0.1, -0.05) is 18.2 Å². The summed E-state index contributed by atoms with van der Waals surface area (Å²) < 4.78 is 28.2. The highest BCUT2D eigenvalue weighted by molar-refractivity contribution is 7.89. The summed E-state index contributed by atoms with van der Waals surface area (Å²) in [4.78, 5) is 17.3. The van der Waals surface area contributed by atoms with E-state index in [1.165, 1.54) is 6.42 Å². The van der Waals surface area contributed by atoms with Gasteiger partial charge >= 0.3 is 0 Å².